The standard InChI is InChI=1S/C38H23NS/c1-2-12-27-24(10-1)11-9-17-28(27)25-20-22-26(23-21-25)39-33-18-7-5-15-31(33)36-37(39)30-14-4-3-13-29(30)35-32-16-6-8-19-34(32)40-38(35)36/h1-23H. The quantitative estimate of drug-likeness (QED) is 0.211. The van der Waals surface area contributed by atoms with E-state index in [0.717, 1.165) is 0 Å². The second-order valence-electron chi connectivity index (χ2n) is 10.5. The summed E-state index contributed by atoms with van der Waals surface area (Å²) in [7, 11) is 0. The maximum Gasteiger partial charge on any atom is 0.0634 e. The average molecular weight is 526 g/mol. The number of rotatable bonds is 2. The predicted molar refractivity (Wildman–Crippen MR) is 174 cm³/mol. The van der Waals surface area contributed by atoms with E-state index in [1.807, 2.05) is 11.3 Å². The van der Waals surface area contributed by atoms with Crippen molar-refractivity contribution in [2.75, 3.05) is 0 Å². The number of thiophene rings is 1. The molecule has 0 saturated heterocycles. The Morgan fingerprint density at radius 2 is 1.10 bits per heavy atom. The lowest BCUT2D eigenvalue weighted by molar-refractivity contribution is 1.19. The van der Waals surface area contributed by atoms with E-state index in [1.54, 1.807) is 0 Å². The molecule has 186 valence electrons. The Labute approximate surface area is 235 Å². The zero-order chi connectivity index (χ0) is 26.2. The van der Waals surface area contributed by atoms with Crippen molar-refractivity contribution < 1.29 is 0 Å². The van der Waals surface area contributed by atoms with Gasteiger partial charge in [0.2, 0.25) is 0 Å². The minimum Gasteiger partial charge on any atom is -0.309 e. The van der Waals surface area contributed by atoms with Crippen LogP contribution in [0.4, 0.5) is 0 Å². The van der Waals surface area contributed by atoms with Crippen molar-refractivity contribution in [3.05, 3.63) is 140 Å². The SMILES string of the molecule is c1ccc2c(-c3ccc(-n4c5ccccc5c5c6sc7ccccc7c6c6ccccc6c54)cc3)cccc2c1. The highest BCUT2D eigenvalue weighted by molar-refractivity contribution is 7.27. The summed E-state index contributed by atoms with van der Waals surface area (Å²) in [5, 5.41) is 10.5. The van der Waals surface area contributed by atoms with E-state index >= 15 is 0 Å². The van der Waals surface area contributed by atoms with Gasteiger partial charge in [-0.3, -0.25) is 0 Å². The van der Waals surface area contributed by atoms with Crippen molar-refractivity contribution in [3.8, 4) is 16.8 Å². The van der Waals surface area contributed by atoms with Gasteiger partial charge in [-0.05, 0) is 51.6 Å². The highest BCUT2D eigenvalue weighted by Gasteiger charge is 2.21. The van der Waals surface area contributed by atoms with E-state index in [1.165, 1.54) is 80.3 Å². The van der Waals surface area contributed by atoms with Crippen LogP contribution < -0.4 is 0 Å². The molecule has 9 aromatic rings. The van der Waals surface area contributed by atoms with Crippen molar-refractivity contribution in [1.82, 2.24) is 4.57 Å². The first-order valence-corrected chi connectivity index (χ1v) is 14.5. The molecule has 2 aromatic heterocycles. The molecule has 0 bridgehead atoms. The fourth-order valence-corrected chi connectivity index (χ4v) is 7.93. The Balaban J connectivity index is 1.39. The molecule has 0 unspecified atom stereocenters. The molecule has 40 heavy (non-hydrogen) atoms. The Bertz CT molecular complexity index is 2420. The molecule has 0 fully saturated rings. The van der Waals surface area contributed by atoms with Crippen molar-refractivity contribution in [3.63, 3.8) is 0 Å². The molecule has 9 rings (SSSR count). The van der Waals surface area contributed by atoms with Crippen molar-refractivity contribution in [2.24, 2.45) is 0 Å². The van der Waals surface area contributed by atoms with Gasteiger partial charge in [0.15, 0.2) is 0 Å². The third kappa shape index (κ3) is 2.97. The van der Waals surface area contributed by atoms with Crippen LogP contribution in [0.1, 0.15) is 0 Å². The van der Waals surface area contributed by atoms with E-state index in [0.29, 0.717) is 0 Å². The highest BCUT2D eigenvalue weighted by Crippen LogP contribution is 2.47. The van der Waals surface area contributed by atoms with Crippen molar-refractivity contribution in [1.29, 1.82) is 0 Å². The van der Waals surface area contributed by atoms with Crippen LogP contribution in [0.2, 0.25) is 0 Å². The summed E-state index contributed by atoms with van der Waals surface area (Å²) in [5.41, 5.74) is 6.21. The number of hydrogen-bond acceptors (Lipinski definition) is 1. The molecule has 0 saturated carbocycles. The maximum atomic E-state index is 2.48. The third-order valence-electron chi connectivity index (χ3n) is 8.37. The molecule has 0 aliphatic rings. The van der Waals surface area contributed by atoms with Crippen molar-refractivity contribution in [2.45, 2.75) is 0 Å². The van der Waals surface area contributed by atoms with Gasteiger partial charge in [-0.2, -0.15) is 0 Å². The van der Waals surface area contributed by atoms with Gasteiger partial charge < -0.3 is 4.57 Å². The smallest absolute Gasteiger partial charge is 0.0634 e. The number of benzene rings is 7. The van der Waals surface area contributed by atoms with E-state index in [9.17, 15) is 0 Å². The molecule has 0 N–H and O–H groups in total. The van der Waals surface area contributed by atoms with Crippen LogP contribution in [-0.4, -0.2) is 4.57 Å². The first kappa shape index (κ1) is 22.0. The summed E-state index contributed by atoms with van der Waals surface area (Å²) in [6.45, 7) is 0. The van der Waals surface area contributed by atoms with E-state index in [-0.39, 0.29) is 0 Å². The Morgan fingerprint density at radius 3 is 1.95 bits per heavy atom. The van der Waals surface area contributed by atoms with Gasteiger partial charge in [0, 0.05) is 42.0 Å². The van der Waals surface area contributed by atoms with Crippen LogP contribution in [0.25, 0.3) is 80.3 Å². The van der Waals surface area contributed by atoms with E-state index < -0.39 is 0 Å². The van der Waals surface area contributed by atoms with E-state index in [4.69, 9.17) is 0 Å². The molecule has 0 amide bonds. The molecule has 0 aliphatic carbocycles. The van der Waals surface area contributed by atoms with Crippen molar-refractivity contribution >= 4 is 74.9 Å². The summed E-state index contributed by atoms with van der Waals surface area (Å²) in [4.78, 5) is 0. The molecule has 0 radical (unpaired) electrons. The topological polar surface area (TPSA) is 4.93 Å². The Kier molecular flexibility index (Phi) is 4.55. The molecule has 0 atom stereocenters. The van der Waals surface area contributed by atoms with Crippen LogP contribution in [0.3, 0.4) is 0 Å². The van der Waals surface area contributed by atoms with Gasteiger partial charge >= 0.3 is 0 Å². The highest BCUT2D eigenvalue weighted by atomic mass is 32.1. The predicted octanol–water partition coefficient (Wildman–Crippen LogP) is 11.1. The molecule has 2 heteroatoms. The minimum absolute atomic E-state index is 1.18. The zero-order valence-electron chi connectivity index (χ0n) is 21.6. The monoisotopic (exact) mass is 525 g/mol. The van der Waals surface area contributed by atoms with Gasteiger partial charge in [0.1, 0.15) is 0 Å². The van der Waals surface area contributed by atoms with Gasteiger partial charge in [0.05, 0.1) is 11.0 Å². The molecular formula is C38H23NS. The molecule has 0 spiro atoms. The number of aromatic nitrogens is 1. The third-order valence-corrected chi connectivity index (χ3v) is 9.56. The first-order valence-electron chi connectivity index (χ1n) is 13.7. The van der Waals surface area contributed by atoms with Gasteiger partial charge in [-0.25, -0.2) is 0 Å². The molecule has 0 aliphatic heterocycles. The van der Waals surface area contributed by atoms with Crippen LogP contribution in [0.5, 0.6) is 0 Å². The Hall–Kier alpha value is -4.92. The number of nitrogens with zero attached hydrogens (tertiary/aromatic N) is 1. The second-order valence-corrected chi connectivity index (χ2v) is 11.5. The summed E-state index contributed by atoms with van der Waals surface area (Å²) in [6, 6.07) is 51.0. The number of fused-ring (bicyclic) bond motifs is 11. The van der Waals surface area contributed by atoms with Crippen LogP contribution in [-0.2, 0) is 0 Å². The maximum absolute atomic E-state index is 2.48. The number of hydrogen-bond donors (Lipinski definition) is 0. The molecular weight excluding hydrogens is 502 g/mol. The molecule has 7 aromatic carbocycles. The lowest BCUT2D eigenvalue weighted by atomic mass is 9.98. The fourth-order valence-electron chi connectivity index (χ4n) is 6.66. The minimum atomic E-state index is 1.18. The Morgan fingerprint density at radius 1 is 0.450 bits per heavy atom. The first-order chi connectivity index (χ1) is 19.9. The summed E-state index contributed by atoms with van der Waals surface area (Å²) >= 11 is 1.92. The summed E-state index contributed by atoms with van der Waals surface area (Å²) in [5.74, 6) is 0. The van der Waals surface area contributed by atoms with Gasteiger partial charge in [0.25, 0.3) is 0 Å². The lowest BCUT2D eigenvalue weighted by Crippen LogP contribution is -1.94. The van der Waals surface area contributed by atoms with Crippen LogP contribution >= 0.6 is 11.3 Å². The lowest BCUT2D eigenvalue weighted by Gasteiger charge is -2.12. The fraction of sp³-hybridized carbons (Fsp3) is 0. The normalized spacial score (nSPS) is 12.0. The molecule has 2 heterocycles. The number of para-hydroxylation sites is 1. The van der Waals surface area contributed by atoms with Gasteiger partial charge in [-0.15, -0.1) is 11.3 Å². The summed E-state index contributed by atoms with van der Waals surface area (Å²) in [6.07, 6.45) is 0. The van der Waals surface area contributed by atoms with Crippen LogP contribution in [0.15, 0.2) is 140 Å². The van der Waals surface area contributed by atoms with E-state index in [2.05, 4.69) is 144 Å². The second kappa shape index (κ2) is 8.29. The molecule has 1 nitrogen and oxygen atoms in total. The van der Waals surface area contributed by atoms with Gasteiger partial charge in [-0.1, -0.05) is 115 Å². The van der Waals surface area contributed by atoms with Crippen LogP contribution in [0, 0.1) is 0 Å². The zero-order valence-corrected chi connectivity index (χ0v) is 22.5. The average Bonchev–Trinajstić information content (AvgIpc) is 3.58. The largest absolute Gasteiger partial charge is 0.309 e. The summed E-state index contributed by atoms with van der Waals surface area (Å²) < 4.78 is 5.19.